The first-order valence-electron chi connectivity index (χ1n) is 10.6. The summed E-state index contributed by atoms with van der Waals surface area (Å²) < 4.78 is 2.23. The largest absolute Gasteiger partial charge is 0.352 e. The Kier molecular flexibility index (Phi) is 6.49. The Balaban J connectivity index is 1.30. The van der Waals surface area contributed by atoms with Crippen molar-refractivity contribution in [1.82, 2.24) is 30.0 Å². The van der Waals surface area contributed by atoms with Crippen molar-refractivity contribution in [3.05, 3.63) is 77.6 Å². The standard InChI is InChI=1S/C23H28N6O/c1-18(19-6-3-2-4-7-19)17-28-13-10-22-27-26-21(29(22)15-14-28)9-12-25-23(30)20-8-5-11-24-16-20/h2-8,11,16,18H,9-10,12-15,17H2,1H3,(H,25,30)/t18-/m1/s1. The molecule has 0 saturated carbocycles. The number of hydrogen-bond acceptors (Lipinski definition) is 5. The van der Waals surface area contributed by atoms with Gasteiger partial charge in [0.2, 0.25) is 0 Å². The van der Waals surface area contributed by atoms with Crippen molar-refractivity contribution in [3.8, 4) is 0 Å². The first-order chi connectivity index (χ1) is 14.7. The lowest BCUT2D eigenvalue weighted by Crippen LogP contribution is -2.31. The first-order valence-corrected chi connectivity index (χ1v) is 10.6. The van der Waals surface area contributed by atoms with Crippen LogP contribution in [0.3, 0.4) is 0 Å². The highest BCUT2D eigenvalue weighted by atomic mass is 16.1. The fraction of sp³-hybridized carbons (Fsp3) is 0.391. The summed E-state index contributed by atoms with van der Waals surface area (Å²) in [5, 5.41) is 11.7. The molecule has 30 heavy (non-hydrogen) atoms. The van der Waals surface area contributed by atoms with Gasteiger partial charge in [-0.1, -0.05) is 37.3 Å². The molecular weight excluding hydrogens is 376 g/mol. The molecule has 4 rings (SSSR count). The molecule has 1 aliphatic heterocycles. The highest BCUT2D eigenvalue weighted by Gasteiger charge is 2.20. The summed E-state index contributed by atoms with van der Waals surface area (Å²) in [4.78, 5) is 18.7. The van der Waals surface area contributed by atoms with Crippen LogP contribution in [0.2, 0.25) is 0 Å². The van der Waals surface area contributed by atoms with E-state index < -0.39 is 0 Å². The topological polar surface area (TPSA) is 75.9 Å². The maximum Gasteiger partial charge on any atom is 0.252 e. The number of rotatable bonds is 7. The van der Waals surface area contributed by atoms with Crippen molar-refractivity contribution >= 4 is 5.91 Å². The van der Waals surface area contributed by atoms with Gasteiger partial charge in [0.15, 0.2) is 0 Å². The van der Waals surface area contributed by atoms with E-state index >= 15 is 0 Å². The summed E-state index contributed by atoms with van der Waals surface area (Å²) in [6.45, 7) is 6.72. The Morgan fingerprint density at radius 2 is 1.97 bits per heavy atom. The second-order valence-electron chi connectivity index (χ2n) is 7.79. The van der Waals surface area contributed by atoms with Crippen LogP contribution in [0.5, 0.6) is 0 Å². The summed E-state index contributed by atoms with van der Waals surface area (Å²) in [5.41, 5.74) is 1.95. The summed E-state index contributed by atoms with van der Waals surface area (Å²) in [6, 6.07) is 14.2. The summed E-state index contributed by atoms with van der Waals surface area (Å²) >= 11 is 0. The molecule has 1 atom stereocenters. The molecule has 0 fully saturated rings. The Bertz CT molecular complexity index is 956. The fourth-order valence-corrected chi connectivity index (χ4v) is 3.96. The van der Waals surface area contributed by atoms with Crippen molar-refractivity contribution < 1.29 is 4.79 Å². The molecule has 3 heterocycles. The molecule has 0 spiro atoms. The van der Waals surface area contributed by atoms with Crippen LogP contribution in [0.1, 0.15) is 40.4 Å². The summed E-state index contributed by atoms with van der Waals surface area (Å²) in [5.74, 6) is 2.37. The molecule has 1 N–H and O–H groups in total. The lowest BCUT2D eigenvalue weighted by molar-refractivity contribution is 0.0953. The smallest absolute Gasteiger partial charge is 0.252 e. The van der Waals surface area contributed by atoms with E-state index in [1.807, 2.05) is 0 Å². The molecule has 7 nitrogen and oxygen atoms in total. The Labute approximate surface area is 177 Å². The molecule has 1 amide bonds. The minimum Gasteiger partial charge on any atom is -0.352 e. The number of pyridine rings is 1. The van der Waals surface area contributed by atoms with E-state index in [0.717, 1.165) is 44.2 Å². The molecule has 0 saturated heterocycles. The van der Waals surface area contributed by atoms with Gasteiger partial charge in [-0.25, -0.2) is 0 Å². The number of aromatic nitrogens is 4. The predicted octanol–water partition coefficient (Wildman–Crippen LogP) is 2.31. The molecule has 1 aromatic carbocycles. The SMILES string of the molecule is C[C@H](CN1CCc2nnc(CCNC(=O)c3cccnc3)n2CC1)c1ccccc1. The van der Waals surface area contributed by atoms with Crippen LogP contribution in [-0.4, -0.2) is 56.7 Å². The summed E-state index contributed by atoms with van der Waals surface area (Å²) in [7, 11) is 0. The van der Waals surface area contributed by atoms with Crippen molar-refractivity contribution in [2.24, 2.45) is 0 Å². The third-order valence-electron chi connectivity index (χ3n) is 5.65. The Hall–Kier alpha value is -3.06. The van der Waals surface area contributed by atoms with Crippen LogP contribution < -0.4 is 5.32 Å². The summed E-state index contributed by atoms with van der Waals surface area (Å²) in [6.07, 6.45) is 4.80. The van der Waals surface area contributed by atoms with Gasteiger partial charge >= 0.3 is 0 Å². The number of nitrogens with one attached hydrogen (secondary N) is 1. The molecular formula is C23H28N6O. The van der Waals surface area contributed by atoms with E-state index in [0.29, 0.717) is 24.4 Å². The minimum absolute atomic E-state index is 0.111. The van der Waals surface area contributed by atoms with E-state index in [4.69, 9.17) is 0 Å². The van der Waals surface area contributed by atoms with Crippen LogP contribution in [0.25, 0.3) is 0 Å². The molecule has 0 bridgehead atoms. The average molecular weight is 405 g/mol. The number of benzene rings is 1. The van der Waals surface area contributed by atoms with E-state index in [1.165, 1.54) is 5.56 Å². The molecule has 3 aromatic rings. The van der Waals surface area contributed by atoms with Gasteiger partial charge in [-0.05, 0) is 23.6 Å². The third kappa shape index (κ3) is 4.91. The number of carbonyl (C=O) groups is 1. The average Bonchev–Trinajstić information content (AvgIpc) is 3.06. The van der Waals surface area contributed by atoms with Crippen LogP contribution in [-0.2, 0) is 19.4 Å². The molecule has 7 heteroatoms. The lowest BCUT2D eigenvalue weighted by Gasteiger charge is -2.24. The lowest BCUT2D eigenvalue weighted by atomic mass is 10.0. The van der Waals surface area contributed by atoms with Gasteiger partial charge in [0.25, 0.3) is 5.91 Å². The first kappa shape index (κ1) is 20.2. The number of carbonyl (C=O) groups excluding carboxylic acids is 1. The van der Waals surface area contributed by atoms with E-state index in [9.17, 15) is 4.79 Å². The minimum atomic E-state index is -0.111. The highest BCUT2D eigenvalue weighted by molar-refractivity contribution is 5.93. The zero-order valence-electron chi connectivity index (χ0n) is 17.4. The maximum absolute atomic E-state index is 12.2. The van der Waals surface area contributed by atoms with Gasteiger partial charge < -0.3 is 14.8 Å². The van der Waals surface area contributed by atoms with Crippen LogP contribution in [0.4, 0.5) is 0 Å². The maximum atomic E-state index is 12.2. The molecule has 0 aliphatic carbocycles. The van der Waals surface area contributed by atoms with Gasteiger partial charge in [-0.15, -0.1) is 10.2 Å². The van der Waals surface area contributed by atoms with Gasteiger partial charge in [-0.3, -0.25) is 9.78 Å². The van der Waals surface area contributed by atoms with Crippen molar-refractivity contribution in [1.29, 1.82) is 0 Å². The van der Waals surface area contributed by atoms with Crippen LogP contribution in [0.15, 0.2) is 54.9 Å². The molecule has 0 unspecified atom stereocenters. The van der Waals surface area contributed by atoms with Crippen molar-refractivity contribution in [2.45, 2.75) is 32.2 Å². The van der Waals surface area contributed by atoms with Gasteiger partial charge in [0, 0.05) is 58.0 Å². The van der Waals surface area contributed by atoms with E-state index in [-0.39, 0.29) is 5.91 Å². The number of nitrogens with zero attached hydrogens (tertiary/aromatic N) is 5. The highest BCUT2D eigenvalue weighted by Crippen LogP contribution is 2.18. The van der Waals surface area contributed by atoms with Crippen molar-refractivity contribution in [3.63, 3.8) is 0 Å². The van der Waals surface area contributed by atoms with Gasteiger partial charge in [0.05, 0.1) is 5.56 Å². The molecule has 1 aliphatic rings. The zero-order valence-corrected chi connectivity index (χ0v) is 17.4. The van der Waals surface area contributed by atoms with E-state index in [2.05, 4.69) is 67.2 Å². The monoisotopic (exact) mass is 404 g/mol. The molecule has 156 valence electrons. The fourth-order valence-electron chi connectivity index (χ4n) is 3.96. The third-order valence-corrected chi connectivity index (χ3v) is 5.65. The predicted molar refractivity (Wildman–Crippen MR) is 115 cm³/mol. The second kappa shape index (κ2) is 9.63. The normalized spacial score (nSPS) is 15.2. The zero-order chi connectivity index (χ0) is 20.8. The van der Waals surface area contributed by atoms with Crippen molar-refractivity contribution in [2.75, 3.05) is 26.2 Å². The number of fused-ring (bicyclic) bond motifs is 1. The van der Waals surface area contributed by atoms with E-state index in [1.54, 1.807) is 24.5 Å². The van der Waals surface area contributed by atoms with Crippen LogP contribution >= 0.6 is 0 Å². The molecule has 0 radical (unpaired) electrons. The van der Waals surface area contributed by atoms with Crippen LogP contribution in [0, 0.1) is 0 Å². The molecule has 2 aromatic heterocycles. The second-order valence-corrected chi connectivity index (χ2v) is 7.79. The Morgan fingerprint density at radius 3 is 2.77 bits per heavy atom. The number of amides is 1. The number of hydrogen-bond donors (Lipinski definition) is 1. The quantitative estimate of drug-likeness (QED) is 0.654. The Morgan fingerprint density at radius 1 is 1.10 bits per heavy atom. The van der Waals surface area contributed by atoms with Gasteiger partial charge in [0.1, 0.15) is 11.6 Å². The van der Waals surface area contributed by atoms with Gasteiger partial charge in [-0.2, -0.15) is 0 Å².